The summed E-state index contributed by atoms with van der Waals surface area (Å²) < 4.78 is 12.2. The van der Waals surface area contributed by atoms with E-state index in [9.17, 15) is 20.4 Å². The molecule has 1 aromatic carbocycles. The molecule has 0 fully saturated rings. The molecule has 0 aliphatic carbocycles. The number of phenolic OH excluding ortho intramolecular Hbond substituents is 1. The Hall–Kier alpha value is -1.76. The summed E-state index contributed by atoms with van der Waals surface area (Å²) in [5, 5.41) is 43.7. The first-order valence-corrected chi connectivity index (χ1v) is 10.0. The van der Waals surface area contributed by atoms with Gasteiger partial charge >= 0.3 is 0 Å². The van der Waals surface area contributed by atoms with Crippen LogP contribution in [-0.2, 0) is 0 Å². The van der Waals surface area contributed by atoms with Crippen LogP contribution in [0.15, 0.2) is 6.08 Å². The molecule has 3 rings (SSSR count). The highest BCUT2D eigenvalue weighted by Crippen LogP contribution is 2.57. The zero-order valence-electron chi connectivity index (χ0n) is 17.5. The maximum Gasteiger partial charge on any atom is 0.141 e. The normalized spacial score (nSPS) is 31.5. The lowest BCUT2D eigenvalue weighted by Gasteiger charge is -2.44. The molecule has 28 heavy (non-hydrogen) atoms. The van der Waals surface area contributed by atoms with Gasteiger partial charge < -0.3 is 29.9 Å². The van der Waals surface area contributed by atoms with Gasteiger partial charge in [0.05, 0.1) is 22.8 Å². The Bertz CT molecular complexity index is 797. The molecule has 0 saturated carbocycles. The number of fused-ring (bicyclic) bond motifs is 3. The Morgan fingerprint density at radius 2 is 1.71 bits per heavy atom. The molecular formula is C22H32O6. The summed E-state index contributed by atoms with van der Waals surface area (Å²) in [6.45, 7) is 11.0. The predicted molar refractivity (Wildman–Crippen MR) is 107 cm³/mol. The number of hydrogen-bond donors (Lipinski definition) is 4. The summed E-state index contributed by atoms with van der Waals surface area (Å²) in [7, 11) is 0. The van der Waals surface area contributed by atoms with E-state index in [0.29, 0.717) is 23.3 Å². The van der Waals surface area contributed by atoms with Crippen LogP contribution in [0, 0.1) is 5.92 Å². The molecular weight excluding hydrogens is 360 g/mol. The van der Waals surface area contributed by atoms with Gasteiger partial charge in [-0.1, -0.05) is 26.3 Å². The van der Waals surface area contributed by atoms with Crippen molar-refractivity contribution in [3.05, 3.63) is 22.8 Å². The molecule has 2 aliphatic rings. The Balaban J connectivity index is 2.40. The van der Waals surface area contributed by atoms with E-state index < -0.39 is 23.9 Å². The van der Waals surface area contributed by atoms with Crippen molar-refractivity contribution in [1.29, 1.82) is 0 Å². The quantitative estimate of drug-likeness (QED) is 0.627. The summed E-state index contributed by atoms with van der Waals surface area (Å²) in [6, 6.07) is 0. The number of aliphatic hydroxyl groups is 3. The number of rotatable bonds is 3. The van der Waals surface area contributed by atoms with E-state index >= 15 is 0 Å². The standard InChI is InChI=1S/C22H32O6/c1-7-9-12(8-2)13-17(24)14-16(23)10(3)11(4)27-19(14)15-18(25)21(26)22(5,6)28-20(13)15/h8,10-11,16,18,21,23-26H,7,9H2,1-6H3/b12-8-/t10-,11-,16+,18+,21-/m1/s1. The SMILES string of the molecule is C/C=C(/CCC)c1c(O)c2c(c3c1OC(C)(C)[C@H](O)[C@H]3O)O[C@H](C)[C@@H](C)[C@@H]2O. The molecule has 0 unspecified atom stereocenters. The number of allylic oxidation sites excluding steroid dienone is 2. The van der Waals surface area contributed by atoms with Gasteiger partial charge in [-0.25, -0.2) is 0 Å². The van der Waals surface area contributed by atoms with E-state index in [0.717, 1.165) is 12.0 Å². The summed E-state index contributed by atoms with van der Waals surface area (Å²) in [5.74, 6) is 0.200. The molecule has 2 heterocycles. The molecule has 0 amide bonds. The van der Waals surface area contributed by atoms with Crippen molar-refractivity contribution in [2.24, 2.45) is 5.92 Å². The first-order valence-electron chi connectivity index (χ1n) is 10.0. The topological polar surface area (TPSA) is 99.4 Å². The van der Waals surface area contributed by atoms with Gasteiger partial charge in [0, 0.05) is 5.92 Å². The maximum absolute atomic E-state index is 11.2. The zero-order valence-corrected chi connectivity index (χ0v) is 17.5. The summed E-state index contributed by atoms with van der Waals surface area (Å²) in [6.07, 6.45) is -0.278. The van der Waals surface area contributed by atoms with Crippen LogP contribution in [-0.4, -0.2) is 38.2 Å². The van der Waals surface area contributed by atoms with Crippen LogP contribution in [0.3, 0.4) is 0 Å². The van der Waals surface area contributed by atoms with Gasteiger partial charge in [-0.05, 0) is 39.7 Å². The Kier molecular flexibility index (Phi) is 5.42. The molecule has 6 nitrogen and oxygen atoms in total. The summed E-state index contributed by atoms with van der Waals surface area (Å²) in [5.41, 5.74) is 0.810. The van der Waals surface area contributed by atoms with Gasteiger partial charge in [0.25, 0.3) is 0 Å². The Labute approximate surface area is 166 Å². The summed E-state index contributed by atoms with van der Waals surface area (Å²) in [4.78, 5) is 0. The van der Waals surface area contributed by atoms with E-state index in [1.54, 1.807) is 13.8 Å². The van der Waals surface area contributed by atoms with Crippen molar-refractivity contribution in [2.75, 3.05) is 0 Å². The number of aliphatic hydroxyl groups excluding tert-OH is 3. The van der Waals surface area contributed by atoms with Crippen molar-refractivity contribution in [3.8, 4) is 17.2 Å². The van der Waals surface area contributed by atoms with E-state index in [1.807, 2.05) is 33.8 Å². The van der Waals surface area contributed by atoms with Crippen LogP contribution in [0.25, 0.3) is 5.57 Å². The second-order valence-electron chi connectivity index (χ2n) is 8.50. The van der Waals surface area contributed by atoms with Gasteiger partial charge in [0.1, 0.15) is 41.2 Å². The first kappa shape index (κ1) is 21.0. The third-order valence-corrected chi connectivity index (χ3v) is 6.15. The second kappa shape index (κ2) is 7.25. The number of ether oxygens (including phenoxy) is 2. The molecule has 4 N–H and O–H groups in total. The third kappa shape index (κ3) is 2.98. The molecule has 5 atom stereocenters. The smallest absolute Gasteiger partial charge is 0.141 e. The molecule has 0 radical (unpaired) electrons. The van der Waals surface area contributed by atoms with E-state index in [4.69, 9.17) is 9.47 Å². The van der Waals surface area contributed by atoms with E-state index in [1.165, 1.54) is 0 Å². The highest BCUT2D eigenvalue weighted by molar-refractivity contribution is 5.81. The molecule has 0 bridgehead atoms. The fraction of sp³-hybridized carbons (Fsp3) is 0.636. The van der Waals surface area contributed by atoms with Gasteiger partial charge in [0.15, 0.2) is 0 Å². The fourth-order valence-electron chi connectivity index (χ4n) is 4.16. The molecule has 0 aromatic heterocycles. The lowest BCUT2D eigenvalue weighted by molar-refractivity contribution is -0.114. The van der Waals surface area contributed by atoms with Crippen molar-refractivity contribution in [2.45, 2.75) is 84.4 Å². The fourth-order valence-corrected chi connectivity index (χ4v) is 4.16. The van der Waals surface area contributed by atoms with Crippen molar-refractivity contribution in [3.63, 3.8) is 0 Å². The van der Waals surface area contributed by atoms with Crippen LogP contribution < -0.4 is 9.47 Å². The molecule has 1 aromatic rings. The zero-order chi connectivity index (χ0) is 21.0. The maximum atomic E-state index is 11.2. The van der Waals surface area contributed by atoms with Gasteiger partial charge in [-0.3, -0.25) is 0 Å². The van der Waals surface area contributed by atoms with Crippen molar-refractivity contribution in [1.82, 2.24) is 0 Å². The minimum atomic E-state index is -1.26. The van der Waals surface area contributed by atoms with Crippen molar-refractivity contribution < 1.29 is 29.9 Å². The van der Waals surface area contributed by atoms with E-state index in [-0.39, 0.29) is 29.1 Å². The van der Waals surface area contributed by atoms with Crippen LogP contribution in [0.4, 0.5) is 0 Å². The third-order valence-electron chi connectivity index (χ3n) is 6.15. The average molecular weight is 392 g/mol. The van der Waals surface area contributed by atoms with Crippen LogP contribution in [0.5, 0.6) is 17.2 Å². The second-order valence-corrected chi connectivity index (χ2v) is 8.50. The molecule has 6 heteroatoms. The number of hydrogen-bond acceptors (Lipinski definition) is 6. The minimum Gasteiger partial charge on any atom is -0.507 e. The average Bonchev–Trinajstić information content (AvgIpc) is 2.62. The van der Waals surface area contributed by atoms with E-state index in [2.05, 4.69) is 0 Å². The lowest BCUT2D eigenvalue weighted by atomic mass is 9.79. The van der Waals surface area contributed by atoms with Gasteiger partial charge in [-0.15, -0.1) is 0 Å². The number of phenols is 1. The highest BCUT2D eigenvalue weighted by Gasteiger charge is 2.49. The molecule has 0 spiro atoms. The highest BCUT2D eigenvalue weighted by atomic mass is 16.5. The van der Waals surface area contributed by atoms with Crippen molar-refractivity contribution >= 4 is 5.57 Å². The number of aromatic hydroxyl groups is 1. The Morgan fingerprint density at radius 3 is 2.29 bits per heavy atom. The largest absolute Gasteiger partial charge is 0.507 e. The van der Waals surface area contributed by atoms with Gasteiger partial charge in [0.2, 0.25) is 0 Å². The van der Waals surface area contributed by atoms with Gasteiger partial charge in [-0.2, -0.15) is 0 Å². The molecule has 2 aliphatic heterocycles. The molecule has 0 saturated heterocycles. The molecule has 156 valence electrons. The Morgan fingerprint density at radius 1 is 1.07 bits per heavy atom. The lowest BCUT2D eigenvalue weighted by Crippen LogP contribution is -2.49. The first-order chi connectivity index (χ1) is 13.1. The summed E-state index contributed by atoms with van der Waals surface area (Å²) >= 11 is 0. The monoisotopic (exact) mass is 392 g/mol. The van der Waals surface area contributed by atoms with Crippen LogP contribution in [0.1, 0.15) is 83.3 Å². The predicted octanol–water partition coefficient (Wildman–Crippen LogP) is 3.61. The van der Waals surface area contributed by atoms with Crippen LogP contribution in [0.2, 0.25) is 0 Å². The minimum absolute atomic E-state index is 0.0825. The number of benzene rings is 1. The van der Waals surface area contributed by atoms with Crippen LogP contribution >= 0.6 is 0 Å².